The lowest BCUT2D eigenvalue weighted by atomic mass is 9.82. The van der Waals surface area contributed by atoms with E-state index in [4.69, 9.17) is 9.47 Å². The smallest absolute Gasteiger partial charge is 0.321 e. The fraction of sp³-hybridized carbons (Fsp3) is 0.538. The van der Waals surface area contributed by atoms with E-state index < -0.39 is 47.2 Å². The lowest BCUT2D eigenvalue weighted by Crippen LogP contribution is -2.41. The van der Waals surface area contributed by atoms with Crippen LogP contribution in [0.5, 0.6) is 0 Å². The van der Waals surface area contributed by atoms with Crippen molar-refractivity contribution < 1.29 is 33.4 Å². The second-order valence-electron chi connectivity index (χ2n) is 5.24. The third-order valence-corrected chi connectivity index (χ3v) is 3.93. The van der Waals surface area contributed by atoms with Gasteiger partial charge >= 0.3 is 23.9 Å². The molecule has 4 atom stereocenters. The van der Waals surface area contributed by atoms with Gasteiger partial charge in [-0.1, -0.05) is 0 Å². The van der Waals surface area contributed by atoms with E-state index >= 15 is 0 Å². The van der Waals surface area contributed by atoms with Gasteiger partial charge in [0.1, 0.15) is 17.3 Å². The van der Waals surface area contributed by atoms with E-state index in [9.17, 15) is 19.2 Å². The first-order chi connectivity index (χ1) is 9.34. The summed E-state index contributed by atoms with van der Waals surface area (Å²) in [6.07, 6.45) is 1.72. The van der Waals surface area contributed by atoms with Crippen LogP contribution < -0.4 is 0 Å². The molecule has 1 heterocycles. The lowest BCUT2D eigenvalue weighted by Gasteiger charge is -2.28. The fourth-order valence-corrected chi connectivity index (χ4v) is 3.46. The van der Waals surface area contributed by atoms with Gasteiger partial charge in [0.15, 0.2) is 0 Å². The minimum Gasteiger partial charge on any atom is -0.454 e. The Labute approximate surface area is 113 Å². The van der Waals surface area contributed by atoms with Gasteiger partial charge in [0.2, 0.25) is 0 Å². The van der Waals surface area contributed by atoms with Gasteiger partial charge in [-0.2, -0.15) is 0 Å². The molecule has 2 fully saturated rings. The standard InChI is InChI=1S/C13H12O7/c1-5(14)18-8-4-13(20-6(2)15)3-7(8)9-10(13)12(17)19-11(9)16/h4,7,9-10H,3H2,1-2H3/t7-,9+,10+,13+/m0/s1. The van der Waals surface area contributed by atoms with Crippen LogP contribution in [0.4, 0.5) is 0 Å². The van der Waals surface area contributed by atoms with Gasteiger partial charge in [0, 0.05) is 26.2 Å². The predicted molar refractivity (Wildman–Crippen MR) is 60.5 cm³/mol. The molecule has 0 aromatic heterocycles. The summed E-state index contributed by atoms with van der Waals surface area (Å²) in [5.41, 5.74) is -1.24. The van der Waals surface area contributed by atoms with Crippen molar-refractivity contribution in [2.24, 2.45) is 17.8 Å². The molecule has 2 aliphatic carbocycles. The number of allylic oxidation sites excluding steroid dienone is 1. The molecule has 1 saturated carbocycles. The van der Waals surface area contributed by atoms with E-state index in [2.05, 4.69) is 4.74 Å². The van der Waals surface area contributed by atoms with Crippen LogP contribution in [0.2, 0.25) is 0 Å². The molecule has 106 valence electrons. The van der Waals surface area contributed by atoms with Gasteiger partial charge in [-0.3, -0.25) is 19.2 Å². The zero-order valence-corrected chi connectivity index (χ0v) is 10.9. The average molecular weight is 280 g/mol. The molecule has 3 aliphatic rings. The molecule has 1 aliphatic heterocycles. The first-order valence-corrected chi connectivity index (χ1v) is 6.20. The van der Waals surface area contributed by atoms with Crippen LogP contribution >= 0.6 is 0 Å². The minimum atomic E-state index is -1.24. The summed E-state index contributed by atoms with van der Waals surface area (Å²) in [4.78, 5) is 45.9. The number of carbonyl (C=O) groups excluding carboxylic acids is 4. The Morgan fingerprint density at radius 3 is 2.55 bits per heavy atom. The topological polar surface area (TPSA) is 96.0 Å². The SMILES string of the molecule is CC(=O)OC1=C[C@]2(OC(C)=O)C[C@@H]1[C@H]1C(=O)OC(=O)[C@@H]12. The number of fused-ring (bicyclic) bond motifs is 5. The van der Waals surface area contributed by atoms with E-state index in [1.807, 2.05) is 0 Å². The first kappa shape index (κ1) is 12.8. The molecule has 0 aromatic rings. The highest BCUT2D eigenvalue weighted by Gasteiger charge is 2.70. The van der Waals surface area contributed by atoms with E-state index in [0.29, 0.717) is 0 Å². The van der Waals surface area contributed by atoms with Crippen molar-refractivity contribution in [3.63, 3.8) is 0 Å². The number of ether oxygens (including phenoxy) is 3. The van der Waals surface area contributed by atoms with Crippen LogP contribution in [0.25, 0.3) is 0 Å². The molecular formula is C13H12O7. The van der Waals surface area contributed by atoms with Crippen LogP contribution in [-0.4, -0.2) is 29.5 Å². The Morgan fingerprint density at radius 2 is 1.95 bits per heavy atom. The Balaban J connectivity index is 2.03. The molecule has 0 amide bonds. The molecular weight excluding hydrogens is 268 g/mol. The van der Waals surface area contributed by atoms with Gasteiger partial charge in [0.25, 0.3) is 0 Å². The van der Waals surface area contributed by atoms with Crippen molar-refractivity contribution in [3.8, 4) is 0 Å². The van der Waals surface area contributed by atoms with E-state index in [1.165, 1.54) is 19.9 Å². The van der Waals surface area contributed by atoms with Crippen molar-refractivity contribution in [1.29, 1.82) is 0 Å². The van der Waals surface area contributed by atoms with E-state index in [1.54, 1.807) is 0 Å². The third kappa shape index (κ3) is 1.59. The molecule has 0 N–H and O–H groups in total. The molecule has 20 heavy (non-hydrogen) atoms. The molecule has 0 unspecified atom stereocenters. The largest absolute Gasteiger partial charge is 0.454 e. The fourth-order valence-electron chi connectivity index (χ4n) is 3.46. The molecule has 0 aromatic carbocycles. The normalized spacial score (nSPS) is 37.3. The summed E-state index contributed by atoms with van der Waals surface area (Å²) in [7, 11) is 0. The number of hydrogen-bond acceptors (Lipinski definition) is 7. The van der Waals surface area contributed by atoms with Gasteiger partial charge in [-0.25, -0.2) is 0 Å². The number of esters is 4. The van der Waals surface area contributed by atoms with Crippen molar-refractivity contribution in [3.05, 3.63) is 11.8 Å². The van der Waals surface area contributed by atoms with Crippen LogP contribution in [-0.2, 0) is 33.4 Å². The van der Waals surface area contributed by atoms with Gasteiger partial charge in [-0.15, -0.1) is 0 Å². The van der Waals surface area contributed by atoms with Gasteiger partial charge in [0.05, 0.1) is 5.92 Å². The maximum absolute atomic E-state index is 11.8. The highest BCUT2D eigenvalue weighted by molar-refractivity contribution is 5.99. The summed E-state index contributed by atoms with van der Waals surface area (Å²) in [6, 6.07) is 0. The second kappa shape index (κ2) is 3.91. The van der Waals surface area contributed by atoms with Crippen LogP contribution in [0, 0.1) is 17.8 Å². The summed E-state index contributed by atoms with van der Waals surface area (Å²) in [5.74, 6) is -4.25. The third-order valence-electron chi connectivity index (χ3n) is 3.93. The second-order valence-corrected chi connectivity index (χ2v) is 5.24. The maximum Gasteiger partial charge on any atom is 0.321 e. The van der Waals surface area contributed by atoms with Crippen molar-refractivity contribution >= 4 is 23.9 Å². The van der Waals surface area contributed by atoms with E-state index in [-0.39, 0.29) is 12.2 Å². The molecule has 3 rings (SSSR count). The number of hydrogen-bond donors (Lipinski definition) is 0. The summed E-state index contributed by atoms with van der Waals surface area (Å²) < 4.78 is 15.0. The first-order valence-electron chi connectivity index (χ1n) is 6.20. The van der Waals surface area contributed by atoms with Crippen molar-refractivity contribution in [2.75, 3.05) is 0 Å². The number of rotatable bonds is 2. The highest BCUT2D eigenvalue weighted by Crippen LogP contribution is 2.59. The Morgan fingerprint density at radius 1 is 1.25 bits per heavy atom. The molecule has 0 radical (unpaired) electrons. The summed E-state index contributed by atoms with van der Waals surface area (Å²) in [5, 5.41) is 0. The monoisotopic (exact) mass is 280 g/mol. The average Bonchev–Trinajstić information content (AvgIpc) is 2.87. The zero-order chi connectivity index (χ0) is 14.7. The molecule has 7 heteroatoms. The Kier molecular flexibility index (Phi) is 2.51. The van der Waals surface area contributed by atoms with Crippen LogP contribution in [0.15, 0.2) is 11.8 Å². The molecule has 2 bridgehead atoms. The molecule has 1 saturated heterocycles. The predicted octanol–water partition coefficient (Wildman–Crippen LogP) is 0.0846. The van der Waals surface area contributed by atoms with Crippen molar-refractivity contribution in [1.82, 2.24) is 0 Å². The van der Waals surface area contributed by atoms with Gasteiger partial charge < -0.3 is 14.2 Å². The zero-order valence-electron chi connectivity index (χ0n) is 10.9. The maximum atomic E-state index is 11.8. The lowest BCUT2D eigenvalue weighted by molar-refractivity contribution is -0.162. The number of cyclic esters (lactones) is 2. The highest BCUT2D eigenvalue weighted by atomic mass is 16.6. The van der Waals surface area contributed by atoms with Crippen LogP contribution in [0.1, 0.15) is 20.3 Å². The van der Waals surface area contributed by atoms with E-state index in [0.717, 1.165) is 0 Å². The number of carbonyl (C=O) groups is 4. The molecule has 7 nitrogen and oxygen atoms in total. The molecule has 0 spiro atoms. The van der Waals surface area contributed by atoms with Gasteiger partial charge in [-0.05, 0) is 6.08 Å². The Hall–Kier alpha value is -2.18. The van der Waals surface area contributed by atoms with Crippen LogP contribution in [0.3, 0.4) is 0 Å². The Bertz CT molecular complexity index is 575. The summed E-state index contributed by atoms with van der Waals surface area (Å²) >= 11 is 0. The van der Waals surface area contributed by atoms with Crippen molar-refractivity contribution in [2.45, 2.75) is 25.9 Å². The summed E-state index contributed by atoms with van der Waals surface area (Å²) in [6.45, 7) is 2.46. The minimum absolute atomic E-state index is 0.255. The quantitative estimate of drug-likeness (QED) is 0.401.